The van der Waals surface area contributed by atoms with Gasteiger partial charge in [-0.3, -0.25) is 0 Å². The van der Waals surface area contributed by atoms with Crippen LogP contribution >= 0.6 is 11.3 Å². The number of thiazole rings is 1. The minimum atomic E-state index is 0.474. The van der Waals surface area contributed by atoms with E-state index in [1.165, 1.54) is 10.4 Å². The van der Waals surface area contributed by atoms with E-state index >= 15 is 0 Å². The summed E-state index contributed by atoms with van der Waals surface area (Å²) in [6.07, 6.45) is 0. The van der Waals surface area contributed by atoms with Crippen LogP contribution in [0.25, 0.3) is 11.3 Å². The van der Waals surface area contributed by atoms with E-state index in [4.69, 9.17) is 4.98 Å². The van der Waals surface area contributed by atoms with Crippen molar-refractivity contribution in [1.82, 2.24) is 10.3 Å². The van der Waals surface area contributed by atoms with Crippen LogP contribution in [0.15, 0.2) is 30.3 Å². The van der Waals surface area contributed by atoms with Gasteiger partial charge in [0.1, 0.15) is 0 Å². The van der Waals surface area contributed by atoms with Crippen molar-refractivity contribution in [2.45, 2.75) is 33.4 Å². The lowest BCUT2D eigenvalue weighted by atomic mass is 10.1. The summed E-state index contributed by atoms with van der Waals surface area (Å²) in [5, 5.41) is 4.35. The summed E-state index contributed by atoms with van der Waals surface area (Å²) >= 11 is 1.79. The number of nitrogens with zero attached hydrogens (tertiary/aromatic N) is 2. The third-order valence-corrected chi connectivity index (χ3v) is 5.09. The van der Waals surface area contributed by atoms with Gasteiger partial charge in [-0.05, 0) is 19.9 Å². The summed E-state index contributed by atoms with van der Waals surface area (Å²) in [6.45, 7) is 7.61. The predicted molar refractivity (Wildman–Crippen MR) is 93.0 cm³/mol. The maximum absolute atomic E-state index is 4.91. The summed E-state index contributed by atoms with van der Waals surface area (Å²) in [6, 6.07) is 10.9. The van der Waals surface area contributed by atoms with E-state index in [-0.39, 0.29) is 0 Å². The predicted octanol–water partition coefficient (Wildman–Crippen LogP) is 4.01. The Labute approximate surface area is 132 Å². The molecule has 1 aromatic heterocycles. The molecule has 0 aliphatic rings. The van der Waals surface area contributed by atoms with Crippen LogP contribution in [0.1, 0.15) is 25.6 Å². The summed E-state index contributed by atoms with van der Waals surface area (Å²) < 4.78 is 0. The van der Waals surface area contributed by atoms with Gasteiger partial charge < -0.3 is 10.2 Å². The molecular formula is C17H25N3S. The lowest BCUT2D eigenvalue weighted by molar-refractivity contribution is 0.505. The van der Waals surface area contributed by atoms with Crippen molar-refractivity contribution in [3.05, 3.63) is 35.2 Å². The molecule has 0 fully saturated rings. The summed E-state index contributed by atoms with van der Waals surface area (Å²) in [5.74, 6) is 0.604. The smallest absolute Gasteiger partial charge is 0.186 e. The number of rotatable bonds is 6. The lowest BCUT2D eigenvalue weighted by Crippen LogP contribution is -2.32. The zero-order valence-corrected chi connectivity index (χ0v) is 14.4. The quantitative estimate of drug-likeness (QED) is 0.874. The third-order valence-electron chi connectivity index (χ3n) is 3.95. The molecule has 1 heterocycles. The number of nitrogens with one attached hydrogen (secondary N) is 1. The van der Waals surface area contributed by atoms with Gasteiger partial charge in [0.25, 0.3) is 0 Å². The Morgan fingerprint density at radius 3 is 2.43 bits per heavy atom. The highest BCUT2D eigenvalue weighted by molar-refractivity contribution is 7.16. The molecule has 1 aromatic carbocycles. The van der Waals surface area contributed by atoms with Gasteiger partial charge in [-0.15, -0.1) is 0 Å². The lowest BCUT2D eigenvalue weighted by Gasteiger charge is -2.27. The second-order valence-electron chi connectivity index (χ2n) is 5.76. The van der Waals surface area contributed by atoms with Crippen LogP contribution < -0.4 is 10.2 Å². The molecule has 21 heavy (non-hydrogen) atoms. The molecule has 0 aliphatic heterocycles. The van der Waals surface area contributed by atoms with E-state index in [1.54, 1.807) is 11.3 Å². The fraction of sp³-hybridized carbons (Fsp3) is 0.471. The fourth-order valence-corrected chi connectivity index (χ4v) is 3.36. The third kappa shape index (κ3) is 3.63. The minimum absolute atomic E-state index is 0.474. The average Bonchev–Trinajstić information content (AvgIpc) is 2.91. The van der Waals surface area contributed by atoms with Gasteiger partial charge in [0.05, 0.1) is 5.69 Å². The Kier molecular flexibility index (Phi) is 5.37. The molecule has 0 radical (unpaired) electrons. The standard InChI is InChI=1S/C17H25N3S/c1-12(2)13(3)20(5)17-19-16(15(21-17)11-18-4)14-9-7-6-8-10-14/h6-10,12-13,18H,11H2,1-5H3. The second kappa shape index (κ2) is 7.05. The van der Waals surface area contributed by atoms with Crippen molar-refractivity contribution in [2.75, 3.05) is 19.0 Å². The van der Waals surface area contributed by atoms with E-state index < -0.39 is 0 Å². The number of hydrogen-bond acceptors (Lipinski definition) is 4. The maximum atomic E-state index is 4.91. The molecule has 0 aliphatic carbocycles. The molecule has 1 atom stereocenters. The van der Waals surface area contributed by atoms with Gasteiger partial charge in [-0.25, -0.2) is 4.98 Å². The number of anilines is 1. The van der Waals surface area contributed by atoms with Crippen LogP contribution in [0.4, 0.5) is 5.13 Å². The summed E-state index contributed by atoms with van der Waals surface area (Å²) in [7, 11) is 4.12. The van der Waals surface area contributed by atoms with E-state index in [9.17, 15) is 0 Å². The molecule has 0 saturated carbocycles. The molecule has 0 saturated heterocycles. The average molecular weight is 303 g/mol. The molecule has 4 heteroatoms. The van der Waals surface area contributed by atoms with Gasteiger partial charge in [0.15, 0.2) is 5.13 Å². The van der Waals surface area contributed by atoms with E-state index in [0.29, 0.717) is 12.0 Å². The molecule has 1 N–H and O–H groups in total. The molecular weight excluding hydrogens is 278 g/mol. The largest absolute Gasteiger partial charge is 0.348 e. The van der Waals surface area contributed by atoms with Crippen molar-refractivity contribution < 1.29 is 0 Å². The Morgan fingerprint density at radius 2 is 1.86 bits per heavy atom. The minimum Gasteiger partial charge on any atom is -0.348 e. The van der Waals surface area contributed by atoms with Gasteiger partial charge in [0, 0.05) is 30.1 Å². The summed E-state index contributed by atoms with van der Waals surface area (Å²) in [5.41, 5.74) is 2.30. The molecule has 0 amide bonds. The number of benzene rings is 1. The van der Waals surface area contributed by atoms with Crippen molar-refractivity contribution in [3.63, 3.8) is 0 Å². The fourth-order valence-electron chi connectivity index (χ4n) is 2.21. The van der Waals surface area contributed by atoms with Crippen LogP contribution in [0, 0.1) is 5.92 Å². The Morgan fingerprint density at radius 1 is 1.19 bits per heavy atom. The molecule has 0 bridgehead atoms. The first-order chi connectivity index (χ1) is 10.0. The van der Waals surface area contributed by atoms with Crippen molar-refractivity contribution in [2.24, 2.45) is 5.92 Å². The zero-order chi connectivity index (χ0) is 15.4. The topological polar surface area (TPSA) is 28.2 Å². The Balaban J connectivity index is 2.38. The van der Waals surface area contributed by atoms with Crippen LogP contribution in [0.3, 0.4) is 0 Å². The van der Waals surface area contributed by atoms with Crippen LogP contribution in [0.2, 0.25) is 0 Å². The Bertz CT molecular complexity index is 563. The molecule has 0 spiro atoms. The highest BCUT2D eigenvalue weighted by Crippen LogP contribution is 2.34. The molecule has 114 valence electrons. The first-order valence-electron chi connectivity index (χ1n) is 7.47. The van der Waals surface area contributed by atoms with Gasteiger partial charge in [-0.2, -0.15) is 0 Å². The van der Waals surface area contributed by atoms with E-state index in [1.807, 2.05) is 13.1 Å². The molecule has 3 nitrogen and oxygen atoms in total. The number of hydrogen-bond donors (Lipinski definition) is 1. The van der Waals surface area contributed by atoms with Crippen LogP contribution in [-0.2, 0) is 6.54 Å². The van der Waals surface area contributed by atoms with Crippen LogP contribution in [0.5, 0.6) is 0 Å². The zero-order valence-electron chi connectivity index (χ0n) is 13.6. The highest BCUT2D eigenvalue weighted by atomic mass is 32.1. The molecule has 1 unspecified atom stereocenters. The number of aromatic nitrogens is 1. The van der Waals surface area contributed by atoms with Crippen LogP contribution in [-0.4, -0.2) is 25.1 Å². The van der Waals surface area contributed by atoms with E-state index in [0.717, 1.165) is 17.4 Å². The maximum Gasteiger partial charge on any atom is 0.186 e. The van der Waals surface area contributed by atoms with Crippen molar-refractivity contribution in [3.8, 4) is 11.3 Å². The normalized spacial score (nSPS) is 12.7. The van der Waals surface area contributed by atoms with E-state index in [2.05, 4.69) is 62.3 Å². The van der Waals surface area contributed by atoms with Gasteiger partial charge in [-0.1, -0.05) is 55.5 Å². The molecule has 2 rings (SSSR count). The highest BCUT2D eigenvalue weighted by Gasteiger charge is 2.20. The summed E-state index contributed by atoms with van der Waals surface area (Å²) in [4.78, 5) is 8.49. The van der Waals surface area contributed by atoms with Crippen molar-refractivity contribution >= 4 is 16.5 Å². The Hall–Kier alpha value is -1.39. The second-order valence-corrected chi connectivity index (χ2v) is 6.82. The van der Waals surface area contributed by atoms with Gasteiger partial charge in [0.2, 0.25) is 0 Å². The first-order valence-corrected chi connectivity index (χ1v) is 8.28. The van der Waals surface area contributed by atoms with Crippen molar-refractivity contribution in [1.29, 1.82) is 0 Å². The monoisotopic (exact) mass is 303 g/mol. The first kappa shape index (κ1) is 16.0. The molecule has 2 aromatic rings. The SMILES string of the molecule is CNCc1sc(N(C)C(C)C(C)C)nc1-c1ccccc1. The van der Waals surface area contributed by atoms with Gasteiger partial charge >= 0.3 is 0 Å².